The topological polar surface area (TPSA) is 0 Å². The molecule has 0 saturated heterocycles. The predicted octanol–water partition coefficient (Wildman–Crippen LogP) is 4.26. The molecule has 0 heterocycles. The van der Waals surface area contributed by atoms with Gasteiger partial charge in [-0.2, -0.15) is 0 Å². The molecule has 0 unspecified atom stereocenters. The summed E-state index contributed by atoms with van der Waals surface area (Å²) in [5.41, 5.74) is 2.87. The third-order valence-electron chi connectivity index (χ3n) is 1.80. The van der Waals surface area contributed by atoms with Crippen LogP contribution in [-0.2, 0) is 0 Å². The zero-order chi connectivity index (χ0) is 9.40. The maximum Gasteiger partial charge on any atom is -0.0133 e. The Kier molecular flexibility index (Phi) is 6.45. The number of allylic oxidation sites excluding steroid dienone is 6. The molecule has 0 aromatic rings. The van der Waals surface area contributed by atoms with Crippen LogP contribution in [0.2, 0.25) is 0 Å². The minimum Gasteiger partial charge on any atom is -0.0802 e. The van der Waals surface area contributed by atoms with Crippen molar-refractivity contribution in [2.45, 2.75) is 40.5 Å². The Morgan fingerprint density at radius 2 is 1.92 bits per heavy atom. The van der Waals surface area contributed by atoms with Crippen molar-refractivity contribution in [3.8, 4) is 0 Å². The summed E-state index contributed by atoms with van der Waals surface area (Å²) in [5.74, 6) is 0. The molecule has 0 aromatic carbocycles. The molecule has 0 spiro atoms. The summed E-state index contributed by atoms with van der Waals surface area (Å²) in [7, 11) is 0. The molecule has 0 aromatic heterocycles. The van der Waals surface area contributed by atoms with E-state index in [0.717, 1.165) is 6.42 Å². The monoisotopic (exact) mass is 164 g/mol. The zero-order valence-corrected chi connectivity index (χ0v) is 8.72. The Morgan fingerprint density at radius 3 is 2.50 bits per heavy atom. The van der Waals surface area contributed by atoms with E-state index in [9.17, 15) is 0 Å². The highest BCUT2D eigenvalue weighted by molar-refractivity contribution is 5.29. The molecule has 0 amide bonds. The molecule has 0 fully saturated rings. The van der Waals surface area contributed by atoms with Gasteiger partial charge < -0.3 is 0 Å². The molecule has 1 aliphatic carbocycles. The smallest absolute Gasteiger partial charge is 0.0133 e. The fourth-order valence-corrected chi connectivity index (χ4v) is 1.03. The van der Waals surface area contributed by atoms with Crippen molar-refractivity contribution in [2.75, 3.05) is 0 Å². The van der Waals surface area contributed by atoms with Gasteiger partial charge in [0.25, 0.3) is 0 Å². The van der Waals surface area contributed by atoms with Gasteiger partial charge in [0.2, 0.25) is 0 Å². The van der Waals surface area contributed by atoms with Gasteiger partial charge in [0.15, 0.2) is 0 Å². The molecule has 0 radical (unpaired) electrons. The van der Waals surface area contributed by atoms with Crippen molar-refractivity contribution in [3.63, 3.8) is 0 Å². The first-order valence-corrected chi connectivity index (χ1v) is 4.86. The minimum absolute atomic E-state index is 1.13. The van der Waals surface area contributed by atoms with Crippen molar-refractivity contribution in [1.82, 2.24) is 0 Å². The van der Waals surface area contributed by atoms with Crippen LogP contribution in [0, 0.1) is 0 Å². The molecule has 0 bridgehead atoms. The van der Waals surface area contributed by atoms with E-state index in [4.69, 9.17) is 0 Å². The molecular weight excluding hydrogens is 144 g/mol. The quantitative estimate of drug-likeness (QED) is 0.543. The molecule has 0 nitrogen and oxygen atoms in total. The summed E-state index contributed by atoms with van der Waals surface area (Å²) in [4.78, 5) is 0. The molecule has 1 rings (SSSR count). The van der Waals surface area contributed by atoms with E-state index in [1.807, 2.05) is 13.8 Å². The first kappa shape index (κ1) is 11.2. The van der Waals surface area contributed by atoms with Crippen LogP contribution < -0.4 is 0 Å². The second kappa shape index (κ2) is 6.90. The molecule has 0 atom stereocenters. The van der Waals surface area contributed by atoms with Crippen LogP contribution in [-0.4, -0.2) is 0 Å². The number of rotatable bonds is 1. The van der Waals surface area contributed by atoms with Gasteiger partial charge in [0.05, 0.1) is 0 Å². The summed E-state index contributed by atoms with van der Waals surface area (Å²) < 4.78 is 0. The van der Waals surface area contributed by atoms with Crippen LogP contribution in [0.4, 0.5) is 0 Å². The van der Waals surface area contributed by atoms with Gasteiger partial charge in [-0.15, -0.1) is 0 Å². The van der Waals surface area contributed by atoms with Gasteiger partial charge >= 0.3 is 0 Å². The zero-order valence-electron chi connectivity index (χ0n) is 8.72. The normalized spacial score (nSPS) is 15.3. The number of hydrogen-bond acceptors (Lipinski definition) is 0. The average Bonchev–Trinajstić information content (AvgIpc) is 2.33. The van der Waals surface area contributed by atoms with E-state index < -0.39 is 0 Å². The van der Waals surface area contributed by atoms with Crippen molar-refractivity contribution < 1.29 is 0 Å². The maximum atomic E-state index is 2.23. The van der Waals surface area contributed by atoms with Gasteiger partial charge in [-0.1, -0.05) is 56.2 Å². The van der Waals surface area contributed by atoms with E-state index in [-0.39, 0.29) is 0 Å². The van der Waals surface area contributed by atoms with Gasteiger partial charge in [0, 0.05) is 0 Å². The first-order valence-electron chi connectivity index (χ1n) is 4.86. The molecular formula is C12H20. The third-order valence-corrected chi connectivity index (χ3v) is 1.80. The van der Waals surface area contributed by atoms with Crippen LogP contribution in [0.25, 0.3) is 0 Å². The second-order valence-electron chi connectivity index (χ2n) is 2.70. The molecule has 0 saturated carbocycles. The largest absolute Gasteiger partial charge is 0.0802 e. The maximum absolute atomic E-state index is 2.23. The highest BCUT2D eigenvalue weighted by atomic mass is 14.0. The molecule has 0 aliphatic heterocycles. The van der Waals surface area contributed by atoms with Crippen LogP contribution >= 0.6 is 0 Å². The molecule has 68 valence electrons. The standard InChI is InChI=1S/C10H14.C2H6/c1-3-10-6-4-5-9(2)7-8-10;1-2/h4-5,7-8H,3,6H2,1-2H3;1-2H3. The molecule has 0 heteroatoms. The molecule has 0 N–H and O–H groups in total. The SMILES string of the molecule is CC.CCC1=CC=C(C)C=CC1. The van der Waals surface area contributed by atoms with Crippen LogP contribution in [0.15, 0.2) is 35.5 Å². The van der Waals surface area contributed by atoms with E-state index in [0.29, 0.717) is 0 Å². The first-order chi connectivity index (χ1) is 5.83. The van der Waals surface area contributed by atoms with E-state index in [1.165, 1.54) is 17.6 Å². The Balaban J connectivity index is 0.000000561. The fraction of sp³-hybridized carbons (Fsp3) is 0.500. The van der Waals surface area contributed by atoms with E-state index >= 15 is 0 Å². The van der Waals surface area contributed by atoms with Crippen molar-refractivity contribution in [1.29, 1.82) is 0 Å². The van der Waals surface area contributed by atoms with Crippen molar-refractivity contribution >= 4 is 0 Å². The lowest BCUT2D eigenvalue weighted by Crippen LogP contribution is -1.74. The summed E-state index contributed by atoms with van der Waals surface area (Å²) in [5, 5.41) is 0. The number of hydrogen-bond donors (Lipinski definition) is 0. The highest BCUT2D eigenvalue weighted by Gasteiger charge is 1.92. The molecule has 12 heavy (non-hydrogen) atoms. The van der Waals surface area contributed by atoms with Crippen molar-refractivity contribution in [3.05, 3.63) is 35.5 Å². The Morgan fingerprint density at radius 1 is 1.25 bits per heavy atom. The Bertz CT molecular complexity index is 192. The van der Waals surface area contributed by atoms with Crippen LogP contribution in [0.3, 0.4) is 0 Å². The van der Waals surface area contributed by atoms with Crippen molar-refractivity contribution in [2.24, 2.45) is 0 Å². The minimum atomic E-state index is 1.13. The summed E-state index contributed by atoms with van der Waals surface area (Å²) in [6.07, 6.45) is 11.1. The van der Waals surface area contributed by atoms with Crippen LogP contribution in [0.1, 0.15) is 40.5 Å². The summed E-state index contributed by atoms with van der Waals surface area (Å²) >= 11 is 0. The summed E-state index contributed by atoms with van der Waals surface area (Å²) in [6.45, 7) is 8.33. The van der Waals surface area contributed by atoms with E-state index in [1.54, 1.807) is 0 Å². The summed E-state index contributed by atoms with van der Waals surface area (Å²) in [6, 6.07) is 0. The Labute approximate surface area is 76.7 Å². The average molecular weight is 164 g/mol. The van der Waals surface area contributed by atoms with E-state index in [2.05, 4.69) is 38.2 Å². The Hall–Kier alpha value is -0.780. The molecule has 1 aliphatic rings. The van der Waals surface area contributed by atoms with Gasteiger partial charge in [0.1, 0.15) is 0 Å². The lowest BCUT2D eigenvalue weighted by molar-refractivity contribution is 1.03. The van der Waals surface area contributed by atoms with Gasteiger partial charge in [-0.3, -0.25) is 0 Å². The van der Waals surface area contributed by atoms with Gasteiger partial charge in [-0.05, 0) is 19.8 Å². The lowest BCUT2D eigenvalue weighted by atomic mass is 10.1. The van der Waals surface area contributed by atoms with Gasteiger partial charge in [-0.25, -0.2) is 0 Å². The predicted molar refractivity (Wildman–Crippen MR) is 57.2 cm³/mol. The van der Waals surface area contributed by atoms with Crippen LogP contribution in [0.5, 0.6) is 0 Å². The fourth-order valence-electron chi connectivity index (χ4n) is 1.03. The highest BCUT2D eigenvalue weighted by Crippen LogP contribution is 2.12. The lowest BCUT2D eigenvalue weighted by Gasteiger charge is -1.94. The third kappa shape index (κ3) is 4.17. The second-order valence-corrected chi connectivity index (χ2v) is 2.70.